The Morgan fingerprint density at radius 2 is 1.82 bits per heavy atom. The highest BCUT2D eigenvalue weighted by Crippen LogP contribution is 2.45. The van der Waals surface area contributed by atoms with Crippen LogP contribution in [0.4, 0.5) is 9.52 Å². The fourth-order valence-corrected chi connectivity index (χ4v) is 5.12. The van der Waals surface area contributed by atoms with Crippen LogP contribution in [-0.4, -0.2) is 48.6 Å². The summed E-state index contributed by atoms with van der Waals surface area (Å²) in [7, 11) is 2.90. The number of ketones is 1. The molecule has 1 fully saturated rings. The summed E-state index contributed by atoms with van der Waals surface area (Å²) >= 11 is 0.888. The number of hydrogen-bond acceptors (Lipinski definition) is 9. The van der Waals surface area contributed by atoms with Crippen LogP contribution < -0.4 is 14.4 Å². The van der Waals surface area contributed by atoms with Crippen molar-refractivity contribution in [2.75, 3.05) is 25.7 Å². The third-order valence-corrected chi connectivity index (χ3v) is 7.20. The minimum atomic E-state index is -1.17. The third-order valence-electron chi connectivity index (χ3n) is 6.07. The van der Waals surface area contributed by atoms with Gasteiger partial charge in [0.15, 0.2) is 16.6 Å². The van der Waals surface area contributed by atoms with Gasteiger partial charge < -0.3 is 19.3 Å². The first-order valence-corrected chi connectivity index (χ1v) is 12.4. The van der Waals surface area contributed by atoms with Gasteiger partial charge in [0, 0.05) is 5.56 Å². The molecule has 0 aliphatic carbocycles. The lowest BCUT2D eigenvalue weighted by molar-refractivity contribution is -0.132. The number of rotatable bonds is 7. The number of thiazole rings is 1. The van der Waals surface area contributed by atoms with E-state index >= 15 is 0 Å². The SMILES string of the molecule is CCOC(=O)c1sc(N2C(=O)C(=O)C(=C(O)c3ccc(C)c(F)c3)C2c2ccc(OC)c(OC)c2)nc1C. The Morgan fingerprint density at radius 3 is 2.45 bits per heavy atom. The number of carbonyl (C=O) groups is 3. The smallest absolute Gasteiger partial charge is 0.350 e. The third kappa shape index (κ3) is 4.60. The van der Waals surface area contributed by atoms with Crippen LogP contribution in [0.2, 0.25) is 0 Å². The molecule has 2 heterocycles. The molecule has 1 atom stereocenters. The number of anilines is 1. The average molecular weight is 541 g/mol. The molecule has 2 aromatic carbocycles. The average Bonchev–Trinajstić information content (AvgIpc) is 3.41. The van der Waals surface area contributed by atoms with Crippen molar-refractivity contribution in [1.29, 1.82) is 0 Å². The van der Waals surface area contributed by atoms with E-state index in [1.54, 1.807) is 39.0 Å². The molecule has 0 bridgehead atoms. The summed E-state index contributed by atoms with van der Waals surface area (Å²) in [5.41, 5.74) is 0.817. The summed E-state index contributed by atoms with van der Waals surface area (Å²) in [5, 5.41) is 11.3. The number of aliphatic hydroxyl groups excluding tert-OH is 1. The van der Waals surface area contributed by atoms with Crippen molar-refractivity contribution in [2.24, 2.45) is 0 Å². The molecule has 0 saturated carbocycles. The van der Waals surface area contributed by atoms with Crippen LogP contribution in [0, 0.1) is 19.7 Å². The first-order chi connectivity index (χ1) is 18.1. The number of aromatic nitrogens is 1. The van der Waals surface area contributed by atoms with Gasteiger partial charge in [-0.15, -0.1) is 0 Å². The van der Waals surface area contributed by atoms with Gasteiger partial charge in [0.2, 0.25) is 0 Å². The summed E-state index contributed by atoms with van der Waals surface area (Å²) in [6.45, 7) is 4.96. The minimum absolute atomic E-state index is 0.0270. The van der Waals surface area contributed by atoms with E-state index in [0.717, 1.165) is 22.3 Å². The monoisotopic (exact) mass is 540 g/mol. The number of ether oxygens (including phenoxy) is 3. The molecule has 1 saturated heterocycles. The van der Waals surface area contributed by atoms with E-state index in [4.69, 9.17) is 14.2 Å². The minimum Gasteiger partial charge on any atom is -0.507 e. The molecule has 11 heteroatoms. The summed E-state index contributed by atoms with van der Waals surface area (Å²) in [4.78, 5) is 44.9. The van der Waals surface area contributed by atoms with Crippen molar-refractivity contribution in [1.82, 2.24) is 4.98 Å². The molecular formula is C27H25FN2O7S. The van der Waals surface area contributed by atoms with E-state index < -0.39 is 35.3 Å². The number of aliphatic hydroxyl groups is 1. The maximum Gasteiger partial charge on any atom is 0.350 e. The van der Waals surface area contributed by atoms with Crippen LogP contribution in [0.5, 0.6) is 11.5 Å². The van der Waals surface area contributed by atoms with Gasteiger partial charge in [-0.05, 0) is 50.1 Å². The van der Waals surface area contributed by atoms with Crippen LogP contribution in [0.25, 0.3) is 5.76 Å². The van der Waals surface area contributed by atoms with Gasteiger partial charge in [-0.3, -0.25) is 14.5 Å². The van der Waals surface area contributed by atoms with Crippen molar-refractivity contribution in [2.45, 2.75) is 26.8 Å². The normalized spacial score (nSPS) is 16.6. The van der Waals surface area contributed by atoms with Gasteiger partial charge >= 0.3 is 11.9 Å². The molecule has 1 unspecified atom stereocenters. The molecule has 198 valence electrons. The number of hydrogen-bond donors (Lipinski definition) is 1. The molecule has 0 radical (unpaired) electrons. The Bertz CT molecular complexity index is 1480. The van der Waals surface area contributed by atoms with E-state index in [-0.39, 0.29) is 27.8 Å². The maximum absolute atomic E-state index is 14.4. The summed E-state index contributed by atoms with van der Waals surface area (Å²) in [6.07, 6.45) is 0. The Morgan fingerprint density at radius 1 is 1.11 bits per heavy atom. The quantitative estimate of drug-likeness (QED) is 0.198. The number of amides is 1. The van der Waals surface area contributed by atoms with Crippen LogP contribution in [-0.2, 0) is 14.3 Å². The Kier molecular flexibility index (Phi) is 7.49. The van der Waals surface area contributed by atoms with Crippen LogP contribution in [0.3, 0.4) is 0 Å². The van der Waals surface area contributed by atoms with Gasteiger partial charge in [0.1, 0.15) is 16.5 Å². The highest BCUT2D eigenvalue weighted by atomic mass is 32.1. The zero-order chi connectivity index (χ0) is 27.7. The number of carbonyl (C=O) groups excluding carboxylic acids is 3. The fourth-order valence-electron chi connectivity index (χ4n) is 4.14. The van der Waals surface area contributed by atoms with E-state index in [9.17, 15) is 23.9 Å². The molecule has 4 rings (SSSR count). The Hall–Kier alpha value is -4.25. The molecular weight excluding hydrogens is 515 g/mol. The molecule has 38 heavy (non-hydrogen) atoms. The number of benzene rings is 2. The largest absolute Gasteiger partial charge is 0.507 e. The van der Waals surface area contributed by atoms with E-state index in [1.165, 1.54) is 26.4 Å². The molecule has 1 aromatic heterocycles. The molecule has 9 nitrogen and oxygen atoms in total. The van der Waals surface area contributed by atoms with Gasteiger partial charge in [-0.25, -0.2) is 14.2 Å². The van der Waals surface area contributed by atoms with Crippen molar-refractivity contribution < 1.29 is 38.1 Å². The number of esters is 1. The highest BCUT2D eigenvalue weighted by Gasteiger charge is 2.48. The summed E-state index contributed by atoms with van der Waals surface area (Å²) in [6, 6.07) is 7.62. The number of aryl methyl sites for hydroxylation is 2. The second kappa shape index (κ2) is 10.6. The second-order valence-electron chi connectivity index (χ2n) is 8.38. The topological polar surface area (TPSA) is 115 Å². The molecule has 1 N–H and O–H groups in total. The zero-order valence-electron chi connectivity index (χ0n) is 21.3. The maximum atomic E-state index is 14.4. The van der Waals surface area contributed by atoms with E-state index in [2.05, 4.69) is 4.98 Å². The first-order valence-electron chi connectivity index (χ1n) is 11.6. The van der Waals surface area contributed by atoms with E-state index in [1.807, 2.05) is 0 Å². The fraction of sp³-hybridized carbons (Fsp3) is 0.259. The van der Waals surface area contributed by atoms with Crippen LogP contribution in [0.1, 0.15) is 45.0 Å². The number of Topliss-reactive ketones (excluding diaryl/α,β-unsaturated/α-hetero) is 1. The molecule has 1 aliphatic heterocycles. The standard InChI is InChI=1S/C27H25FN2O7S/c1-6-37-26(34)24-14(3)29-27(38-24)30-21(15-9-10-18(35-4)19(12-15)36-5)20(23(32)25(30)33)22(31)16-8-7-13(2)17(28)11-16/h7-12,21,31H,6H2,1-5H3. The molecule has 1 aliphatic rings. The lowest BCUT2D eigenvalue weighted by atomic mass is 9.94. The van der Waals surface area contributed by atoms with Gasteiger partial charge in [-0.1, -0.05) is 29.5 Å². The van der Waals surface area contributed by atoms with Gasteiger partial charge in [0.25, 0.3) is 5.78 Å². The van der Waals surface area contributed by atoms with Crippen LogP contribution in [0.15, 0.2) is 42.0 Å². The first kappa shape index (κ1) is 26.8. The van der Waals surface area contributed by atoms with E-state index in [0.29, 0.717) is 28.3 Å². The van der Waals surface area contributed by atoms with Gasteiger partial charge in [0.05, 0.1) is 38.1 Å². The number of nitrogens with zero attached hydrogens (tertiary/aromatic N) is 2. The van der Waals surface area contributed by atoms with Crippen LogP contribution >= 0.6 is 11.3 Å². The zero-order valence-corrected chi connectivity index (χ0v) is 22.1. The lowest BCUT2D eigenvalue weighted by Gasteiger charge is -2.23. The van der Waals surface area contributed by atoms with Crippen molar-refractivity contribution in [3.8, 4) is 11.5 Å². The molecule has 0 spiro atoms. The summed E-state index contributed by atoms with van der Waals surface area (Å²) < 4.78 is 30.1. The summed E-state index contributed by atoms with van der Waals surface area (Å²) in [5.74, 6) is -2.98. The van der Waals surface area contributed by atoms with Crippen molar-refractivity contribution in [3.05, 3.63) is 75.0 Å². The molecule has 1 amide bonds. The predicted octanol–water partition coefficient (Wildman–Crippen LogP) is 4.72. The molecule has 3 aromatic rings. The van der Waals surface area contributed by atoms with Crippen molar-refractivity contribution in [3.63, 3.8) is 0 Å². The van der Waals surface area contributed by atoms with Gasteiger partial charge in [-0.2, -0.15) is 0 Å². The highest BCUT2D eigenvalue weighted by molar-refractivity contribution is 7.17. The number of methoxy groups -OCH3 is 2. The predicted molar refractivity (Wildman–Crippen MR) is 138 cm³/mol. The Labute approximate surface area is 222 Å². The second-order valence-corrected chi connectivity index (χ2v) is 9.36. The lowest BCUT2D eigenvalue weighted by Crippen LogP contribution is -2.29. The Balaban J connectivity index is 1.96. The van der Waals surface area contributed by atoms with Crippen molar-refractivity contribution >= 4 is 39.9 Å². The number of halogens is 1.